The number of halogens is 1. The fourth-order valence-electron chi connectivity index (χ4n) is 1.84. The zero-order valence-corrected chi connectivity index (χ0v) is 10.9. The second-order valence-electron chi connectivity index (χ2n) is 4.62. The molecule has 0 aliphatic rings. The van der Waals surface area contributed by atoms with E-state index in [1.807, 2.05) is 20.0 Å². The van der Waals surface area contributed by atoms with Crippen LogP contribution in [0.4, 0.5) is 4.39 Å². The molecule has 0 fully saturated rings. The largest absolute Gasteiger partial charge is 0.481 e. The van der Waals surface area contributed by atoms with E-state index in [4.69, 9.17) is 5.11 Å². The van der Waals surface area contributed by atoms with Gasteiger partial charge >= 0.3 is 5.97 Å². The van der Waals surface area contributed by atoms with E-state index in [1.165, 1.54) is 6.07 Å². The first-order chi connectivity index (χ1) is 8.50. The van der Waals surface area contributed by atoms with Gasteiger partial charge in [0.15, 0.2) is 0 Å². The number of aliphatic carboxylic acids is 1. The highest BCUT2D eigenvalue weighted by atomic mass is 19.1. The first-order valence-electron chi connectivity index (χ1n) is 6.16. The highest BCUT2D eigenvalue weighted by Gasteiger charge is 2.12. The SMILES string of the molecule is CC(Cc1ccccc1F)N(C)CCCC(=O)O. The van der Waals surface area contributed by atoms with Gasteiger partial charge in [0, 0.05) is 12.5 Å². The van der Waals surface area contributed by atoms with Gasteiger partial charge in [-0.15, -0.1) is 0 Å². The lowest BCUT2D eigenvalue weighted by Crippen LogP contribution is -2.32. The normalized spacial score (nSPS) is 12.7. The maximum absolute atomic E-state index is 13.5. The van der Waals surface area contributed by atoms with Gasteiger partial charge in [-0.3, -0.25) is 4.79 Å². The molecule has 0 aliphatic heterocycles. The Morgan fingerprint density at radius 3 is 2.72 bits per heavy atom. The number of likely N-dealkylation sites (N-methyl/N-ethyl adjacent to an activating group) is 1. The minimum absolute atomic E-state index is 0.177. The van der Waals surface area contributed by atoms with Crippen molar-refractivity contribution in [1.82, 2.24) is 4.90 Å². The molecule has 3 nitrogen and oxygen atoms in total. The summed E-state index contributed by atoms with van der Waals surface area (Å²) in [5.74, 6) is -0.951. The molecule has 18 heavy (non-hydrogen) atoms. The molecule has 0 saturated heterocycles. The van der Waals surface area contributed by atoms with Crippen molar-refractivity contribution in [3.63, 3.8) is 0 Å². The highest BCUT2D eigenvalue weighted by molar-refractivity contribution is 5.66. The molecule has 1 N–H and O–H groups in total. The molecule has 1 atom stereocenters. The van der Waals surface area contributed by atoms with E-state index in [9.17, 15) is 9.18 Å². The summed E-state index contributed by atoms with van der Waals surface area (Å²) < 4.78 is 13.5. The average molecular weight is 253 g/mol. The summed E-state index contributed by atoms with van der Waals surface area (Å²) in [6, 6.07) is 6.95. The Balaban J connectivity index is 2.42. The smallest absolute Gasteiger partial charge is 0.303 e. The van der Waals surface area contributed by atoms with Crippen molar-refractivity contribution in [3.8, 4) is 0 Å². The van der Waals surface area contributed by atoms with Crippen LogP contribution < -0.4 is 0 Å². The number of benzene rings is 1. The van der Waals surface area contributed by atoms with Crippen LogP contribution >= 0.6 is 0 Å². The Labute approximate surface area is 107 Å². The summed E-state index contributed by atoms with van der Waals surface area (Å²) in [7, 11) is 1.94. The number of rotatable bonds is 7. The molecule has 1 unspecified atom stereocenters. The Hall–Kier alpha value is -1.42. The molecule has 0 aliphatic carbocycles. The summed E-state index contributed by atoms with van der Waals surface area (Å²) in [4.78, 5) is 12.5. The van der Waals surface area contributed by atoms with Gasteiger partial charge in [0.25, 0.3) is 0 Å². The fourth-order valence-corrected chi connectivity index (χ4v) is 1.84. The molecule has 0 amide bonds. The quantitative estimate of drug-likeness (QED) is 0.812. The molecule has 1 rings (SSSR count). The molecule has 4 heteroatoms. The van der Waals surface area contributed by atoms with Gasteiger partial charge in [-0.05, 0) is 45.0 Å². The minimum Gasteiger partial charge on any atom is -0.481 e. The zero-order valence-electron chi connectivity index (χ0n) is 10.9. The Morgan fingerprint density at radius 1 is 1.44 bits per heavy atom. The van der Waals surface area contributed by atoms with Crippen molar-refractivity contribution in [2.75, 3.05) is 13.6 Å². The number of carbonyl (C=O) groups is 1. The van der Waals surface area contributed by atoms with Crippen LogP contribution in [0.2, 0.25) is 0 Å². The van der Waals surface area contributed by atoms with Crippen LogP contribution in [-0.4, -0.2) is 35.6 Å². The first-order valence-corrected chi connectivity index (χ1v) is 6.16. The lowest BCUT2D eigenvalue weighted by Gasteiger charge is -2.24. The van der Waals surface area contributed by atoms with E-state index < -0.39 is 5.97 Å². The van der Waals surface area contributed by atoms with Crippen LogP contribution in [0.15, 0.2) is 24.3 Å². The van der Waals surface area contributed by atoms with Crippen LogP contribution in [0.5, 0.6) is 0 Å². The van der Waals surface area contributed by atoms with Crippen molar-refractivity contribution in [2.45, 2.75) is 32.2 Å². The van der Waals surface area contributed by atoms with E-state index in [-0.39, 0.29) is 18.3 Å². The van der Waals surface area contributed by atoms with Gasteiger partial charge < -0.3 is 10.0 Å². The zero-order chi connectivity index (χ0) is 13.5. The summed E-state index contributed by atoms with van der Waals surface area (Å²) in [5, 5.41) is 8.57. The van der Waals surface area contributed by atoms with Crippen molar-refractivity contribution in [3.05, 3.63) is 35.6 Å². The lowest BCUT2D eigenvalue weighted by atomic mass is 10.1. The van der Waals surface area contributed by atoms with E-state index in [1.54, 1.807) is 12.1 Å². The predicted octanol–water partition coefficient (Wildman–Crippen LogP) is 2.55. The Kier molecular flexibility index (Phi) is 5.78. The van der Waals surface area contributed by atoms with E-state index in [0.29, 0.717) is 24.9 Å². The minimum atomic E-state index is -0.773. The Morgan fingerprint density at radius 2 is 2.11 bits per heavy atom. The van der Waals surface area contributed by atoms with Crippen LogP contribution in [0.3, 0.4) is 0 Å². The van der Waals surface area contributed by atoms with Crippen molar-refractivity contribution in [1.29, 1.82) is 0 Å². The van der Waals surface area contributed by atoms with Crippen LogP contribution in [0.25, 0.3) is 0 Å². The monoisotopic (exact) mass is 253 g/mol. The summed E-state index contributed by atoms with van der Waals surface area (Å²) >= 11 is 0. The molecular weight excluding hydrogens is 233 g/mol. The number of hydrogen-bond donors (Lipinski definition) is 1. The summed E-state index contributed by atoms with van der Waals surface area (Å²) in [5.41, 5.74) is 0.704. The standard InChI is InChI=1S/C14H20FNO2/c1-11(16(2)9-5-8-14(17)18)10-12-6-3-4-7-13(12)15/h3-4,6-7,11H,5,8-10H2,1-2H3,(H,17,18). The molecular formula is C14H20FNO2. The summed E-state index contributed by atoms with van der Waals surface area (Å²) in [6.45, 7) is 2.73. The summed E-state index contributed by atoms with van der Waals surface area (Å²) in [6.07, 6.45) is 1.43. The predicted molar refractivity (Wildman–Crippen MR) is 69.1 cm³/mol. The fraction of sp³-hybridized carbons (Fsp3) is 0.500. The number of carboxylic acids is 1. The third-order valence-corrected chi connectivity index (χ3v) is 3.13. The van der Waals surface area contributed by atoms with Gasteiger partial charge in [-0.2, -0.15) is 0 Å². The third-order valence-electron chi connectivity index (χ3n) is 3.13. The molecule has 0 saturated carbocycles. The first kappa shape index (κ1) is 14.6. The van der Waals surface area contributed by atoms with Crippen LogP contribution in [0, 0.1) is 5.82 Å². The third kappa shape index (κ3) is 4.84. The van der Waals surface area contributed by atoms with Gasteiger partial charge in [-0.1, -0.05) is 18.2 Å². The maximum atomic E-state index is 13.5. The van der Waals surface area contributed by atoms with Crippen molar-refractivity contribution < 1.29 is 14.3 Å². The molecule has 0 aromatic heterocycles. The van der Waals surface area contributed by atoms with E-state index in [2.05, 4.69) is 4.90 Å². The molecule has 1 aromatic carbocycles. The Bertz CT molecular complexity index is 395. The second-order valence-corrected chi connectivity index (χ2v) is 4.62. The number of carboxylic acid groups (broad SMARTS) is 1. The lowest BCUT2D eigenvalue weighted by molar-refractivity contribution is -0.137. The van der Waals surface area contributed by atoms with E-state index in [0.717, 1.165) is 0 Å². The molecule has 100 valence electrons. The maximum Gasteiger partial charge on any atom is 0.303 e. The van der Waals surface area contributed by atoms with Crippen LogP contribution in [-0.2, 0) is 11.2 Å². The van der Waals surface area contributed by atoms with Gasteiger partial charge in [0.05, 0.1) is 0 Å². The average Bonchev–Trinajstić information content (AvgIpc) is 2.31. The van der Waals surface area contributed by atoms with Gasteiger partial charge in [0.1, 0.15) is 5.82 Å². The molecule has 0 spiro atoms. The van der Waals surface area contributed by atoms with Crippen molar-refractivity contribution >= 4 is 5.97 Å². The van der Waals surface area contributed by atoms with Gasteiger partial charge in [-0.25, -0.2) is 4.39 Å². The van der Waals surface area contributed by atoms with Gasteiger partial charge in [0.2, 0.25) is 0 Å². The highest BCUT2D eigenvalue weighted by Crippen LogP contribution is 2.12. The van der Waals surface area contributed by atoms with E-state index >= 15 is 0 Å². The molecule has 1 aromatic rings. The second kappa shape index (κ2) is 7.11. The molecule has 0 bridgehead atoms. The molecule has 0 radical (unpaired) electrons. The molecule has 0 heterocycles. The topological polar surface area (TPSA) is 40.5 Å². The number of nitrogens with zero attached hydrogens (tertiary/aromatic N) is 1. The number of hydrogen-bond acceptors (Lipinski definition) is 2. The van der Waals surface area contributed by atoms with Crippen LogP contribution in [0.1, 0.15) is 25.3 Å². The van der Waals surface area contributed by atoms with Crippen molar-refractivity contribution in [2.24, 2.45) is 0 Å².